The van der Waals surface area contributed by atoms with Gasteiger partial charge >= 0.3 is 11.7 Å². The van der Waals surface area contributed by atoms with Crippen molar-refractivity contribution in [2.24, 2.45) is 0 Å². The molecule has 0 radical (unpaired) electrons. The molecule has 0 unspecified atom stereocenters. The van der Waals surface area contributed by atoms with E-state index in [1.54, 1.807) is 38.1 Å². The second-order valence-electron chi connectivity index (χ2n) is 5.67. The molecule has 28 heavy (non-hydrogen) atoms. The van der Waals surface area contributed by atoms with Gasteiger partial charge in [0.1, 0.15) is 10.6 Å². The highest BCUT2D eigenvalue weighted by Gasteiger charge is 2.20. The highest BCUT2D eigenvalue weighted by Crippen LogP contribution is 2.22. The Morgan fingerprint density at radius 3 is 2.54 bits per heavy atom. The number of amides is 2. The molecular weight excluding hydrogens is 384 g/mol. The lowest BCUT2D eigenvalue weighted by Gasteiger charge is -2.10. The van der Waals surface area contributed by atoms with Crippen molar-refractivity contribution in [2.75, 3.05) is 23.0 Å². The van der Waals surface area contributed by atoms with E-state index >= 15 is 0 Å². The van der Waals surface area contributed by atoms with Crippen molar-refractivity contribution < 1.29 is 19.1 Å². The van der Waals surface area contributed by atoms with E-state index in [-0.39, 0.29) is 34.8 Å². The summed E-state index contributed by atoms with van der Waals surface area (Å²) in [7, 11) is 0. The zero-order valence-corrected chi connectivity index (χ0v) is 16.4. The summed E-state index contributed by atoms with van der Waals surface area (Å²) in [6, 6.07) is 6.67. The summed E-state index contributed by atoms with van der Waals surface area (Å²) in [5, 5.41) is 5.44. The molecule has 0 atom stereocenters. The highest BCUT2D eigenvalue weighted by molar-refractivity contribution is 8.00. The van der Waals surface area contributed by atoms with Crippen LogP contribution in [0.15, 0.2) is 34.1 Å². The first kappa shape index (κ1) is 21.2. The summed E-state index contributed by atoms with van der Waals surface area (Å²) < 4.78 is 4.99. The van der Waals surface area contributed by atoms with E-state index in [4.69, 9.17) is 4.74 Å². The number of esters is 1. The molecule has 148 valence electrons. The van der Waals surface area contributed by atoms with E-state index in [1.807, 2.05) is 0 Å². The Hall–Kier alpha value is -3.14. The number of hydrogen-bond donors (Lipinski definition) is 3. The fourth-order valence-electron chi connectivity index (χ4n) is 2.32. The second-order valence-corrected chi connectivity index (χ2v) is 6.63. The molecule has 2 amide bonds. The molecule has 0 aliphatic rings. The number of anilines is 2. The first-order valence-electron chi connectivity index (χ1n) is 8.38. The van der Waals surface area contributed by atoms with Crippen LogP contribution in [0.4, 0.5) is 11.4 Å². The van der Waals surface area contributed by atoms with Crippen LogP contribution in [0.2, 0.25) is 0 Å². The maximum Gasteiger partial charge on any atom is 0.346 e. The van der Waals surface area contributed by atoms with Gasteiger partial charge in [-0.25, -0.2) is 9.59 Å². The molecule has 0 spiro atoms. The molecule has 1 aromatic heterocycles. The van der Waals surface area contributed by atoms with E-state index in [2.05, 4.69) is 20.6 Å². The van der Waals surface area contributed by atoms with Crippen molar-refractivity contribution in [3.63, 3.8) is 0 Å². The number of thioether (sulfide) groups is 1. The third kappa shape index (κ3) is 5.95. The molecule has 0 fully saturated rings. The number of aromatic nitrogens is 2. The predicted octanol–water partition coefficient (Wildman–Crippen LogP) is 1.94. The molecule has 0 saturated heterocycles. The average Bonchev–Trinajstić information content (AvgIpc) is 2.59. The van der Waals surface area contributed by atoms with Crippen LogP contribution in [0.5, 0.6) is 0 Å². The Balaban J connectivity index is 2.10. The molecule has 3 N–H and O–H groups in total. The highest BCUT2D eigenvalue weighted by atomic mass is 32.2. The maximum absolute atomic E-state index is 12.2. The van der Waals surface area contributed by atoms with Gasteiger partial charge in [-0.3, -0.25) is 9.59 Å². The zero-order valence-electron chi connectivity index (χ0n) is 15.6. The maximum atomic E-state index is 12.2. The van der Waals surface area contributed by atoms with Crippen molar-refractivity contribution in [3.8, 4) is 0 Å². The van der Waals surface area contributed by atoms with Gasteiger partial charge in [0.05, 0.1) is 12.4 Å². The van der Waals surface area contributed by atoms with Gasteiger partial charge < -0.3 is 20.4 Å². The van der Waals surface area contributed by atoms with Gasteiger partial charge in [0.15, 0.2) is 0 Å². The standard InChI is InChI=1S/C18H20N4O5S/c1-4-27-17(25)15-10(2)19-18(26)22-16(15)28-9-14(24)21-13-7-5-6-12(8-13)20-11(3)23/h5-8H,4,9H2,1-3H3,(H,20,23)(H,21,24)(H,19,22,26). The molecular formula is C18H20N4O5S. The van der Waals surface area contributed by atoms with Crippen molar-refractivity contribution in [2.45, 2.75) is 25.8 Å². The number of carbonyl (C=O) groups excluding carboxylic acids is 3. The summed E-state index contributed by atoms with van der Waals surface area (Å²) in [6.07, 6.45) is 0. The fourth-order valence-corrected chi connectivity index (χ4v) is 3.18. The minimum Gasteiger partial charge on any atom is -0.462 e. The second kappa shape index (κ2) is 9.70. The van der Waals surface area contributed by atoms with E-state index in [0.29, 0.717) is 17.1 Å². The smallest absolute Gasteiger partial charge is 0.346 e. The lowest BCUT2D eigenvalue weighted by Crippen LogP contribution is -2.21. The molecule has 10 heteroatoms. The Morgan fingerprint density at radius 2 is 1.89 bits per heavy atom. The summed E-state index contributed by atoms with van der Waals surface area (Å²) in [6.45, 7) is 4.79. The molecule has 1 heterocycles. The van der Waals surface area contributed by atoms with E-state index < -0.39 is 11.7 Å². The number of hydrogen-bond acceptors (Lipinski definition) is 7. The number of ether oxygens (including phenoxy) is 1. The third-order valence-corrected chi connectivity index (χ3v) is 4.35. The van der Waals surface area contributed by atoms with Crippen LogP contribution in [0.25, 0.3) is 0 Å². The molecule has 0 aliphatic heterocycles. The van der Waals surface area contributed by atoms with Crippen molar-refractivity contribution in [1.82, 2.24) is 9.97 Å². The van der Waals surface area contributed by atoms with Crippen molar-refractivity contribution in [3.05, 3.63) is 46.0 Å². The van der Waals surface area contributed by atoms with E-state index in [1.165, 1.54) is 6.92 Å². The zero-order chi connectivity index (χ0) is 20.7. The van der Waals surface area contributed by atoms with Crippen LogP contribution in [0.1, 0.15) is 29.9 Å². The quantitative estimate of drug-likeness (QED) is 0.365. The lowest BCUT2D eigenvalue weighted by molar-refractivity contribution is -0.114. The summed E-state index contributed by atoms with van der Waals surface area (Å²) in [5.41, 5.74) is 0.889. The third-order valence-electron chi connectivity index (χ3n) is 3.37. The number of aromatic amines is 1. The normalized spacial score (nSPS) is 10.2. The SMILES string of the molecule is CCOC(=O)c1c(SCC(=O)Nc2cccc(NC(C)=O)c2)nc(=O)[nH]c1C. The summed E-state index contributed by atoms with van der Waals surface area (Å²) >= 11 is 0.958. The number of aryl methyl sites for hydroxylation is 1. The van der Waals surface area contributed by atoms with Gasteiger partial charge in [-0.2, -0.15) is 4.98 Å². The topological polar surface area (TPSA) is 130 Å². The van der Waals surface area contributed by atoms with Crippen molar-refractivity contribution in [1.29, 1.82) is 0 Å². The van der Waals surface area contributed by atoms with E-state index in [0.717, 1.165) is 11.8 Å². The average molecular weight is 404 g/mol. The van der Waals surface area contributed by atoms with Crippen molar-refractivity contribution >= 4 is 40.9 Å². The molecule has 1 aromatic carbocycles. The minimum atomic E-state index is -0.616. The minimum absolute atomic E-state index is 0.0767. The molecule has 0 aliphatic carbocycles. The number of benzene rings is 1. The van der Waals surface area contributed by atoms with Gasteiger partial charge in [0.25, 0.3) is 0 Å². The number of H-pyrrole nitrogens is 1. The van der Waals surface area contributed by atoms with Gasteiger partial charge in [-0.1, -0.05) is 17.8 Å². The first-order valence-corrected chi connectivity index (χ1v) is 9.37. The number of nitrogens with zero attached hydrogens (tertiary/aromatic N) is 1. The van der Waals surface area contributed by atoms with Crippen LogP contribution in [0.3, 0.4) is 0 Å². The van der Waals surface area contributed by atoms with Crippen LogP contribution in [-0.4, -0.2) is 40.1 Å². The summed E-state index contributed by atoms with van der Waals surface area (Å²) in [4.78, 5) is 53.4. The van der Waals surface area contributed by atoms with Crippen LogP contribution in [-0.2, 0) is 14.3 Å². The van der Waals surface area contributed by atoms with Gasteiger partial charge in [0.2, 0.25) is 11.8 Å². The Morgan fingerprint density at radius 1 is 1.21 bits per heavy atom. The molecule has 2 aromatic rings. The van der Waals surface area contributed by atoms with Crippen LogP contribution >= 0.6 is 11.8 Å². The molecule has 9 nitrogen and oxygen atoms in total. The Kier molecular flexibility index (Phi) is 7.33. The molecule has 2 rings (SSSR count). The first-order chi connectivity index (χ1) is 13.3. The lowest BCUT2D eigenvalue weighted by atomic mass is 10.2. The fraction of sp³-hybridized carbons (Fsp3) is 0.278. The molecule has 0 saturated carbocycles. The van der Waals surface area contributed by atoms with Gasteiger partial charge in [-0.05, 0) is 32.0 Å². The monoisotopic (exact) mass is 404 g/mol. The van der Waals surface area contributed by atoms with Gasteiger partial charge in [0, 0.05) is 24.0 Å². The number of nitrogens with one attached hydrogen (secondary N) is 3. The van der Waals surface area contributed by atoms with Crippen LogP contribution < -0.4 is 16.3 Å². The van der Waals surface area contributed by atoms with Crippen LogP contribution in [0, 0.1) is 6.92 Å². The largest absolute Gasteiger partial charge is 0.462 e. The summed E-state index contributed by atoms with van der Waals surface area (Å²) in [5.74, 6) is -1.28. The van der Waals surface area contributed by atoms with E-state index in [9.17, 15) is 19.2 Å². The Labute approximate surface area is 165 Å². The number of carbonyl (C=O) groups is 3. The van der Waals surface area contributed by atoms with Gasteiger partial charge in [-0.15, -0.1) is 0 Å². The Bertz CT molecular complexity index is 957. The molecule has 0 bridgehead atoms. The predicted molar refractivity (Wildman–Crippen MR) is 106 cm³/mol. The number of rotatable bonds is 7.